The number of hydrogen-bond acceptors (Lipinski definition) is 3. The summed E-state index contributed by atoms with van der Waals surface area (Å²) in [5.41, 5.74) is 1.15. The zero-order chi connectivity index (χ0) is 14.3. The normalized spacial score (nSPS) is 12.2. The summed E-state index contributed by atoms with van der Waals surface area (Å²) in [5, 5.41) is 12.2. The lowest BCUT2D eigenvalue weighted by atomic mass is 10.1. The molecule has 0 bridgehead atoms. The van der Waals surface area contributed by atoms with Gasteiger partial charge < -0.3 is 10.2 Å². The number of carbonyl (C=O) groups excluding carboxylic acids is 1. The number of nitriles is 1. The lowest BCUT2D eigenvalue weighted by Gasteiger charge is -2.18. The average Bonchev–Trinajstić information content (AvgIpc) is 2.43. The van der Waals surface area contributed by atoms with Crippen molar-refractivity contribution in [2.75, 3.05) is 14.1 Å². The van der Waals surface area contributed by atoms with Gasteiger partial charge in [-0.1, -0.05) is 43.0 Å². The topological polar surface area (TPSA) is 56.1 Å². The van der Waals surface area contributed by atoms with E-state index >= 15 is 0 Å². The Labute approximate surface area is 113 Å². The minimum atomic E-state index is -0.573. The van der Waals surface area contributed by atoms with Gasteiger partial charge in [-0.15, -0.1) is 0 Å². The van der Waals surface area contributed by atoms with Crippen LogP contribution in [-0.4, -0.2) is 24.9 Å². The fraction of sp³-hybridized carbons (Fsp3) is 0.200. The highest BCUT2D eigenvalue weighted by atomic mass is 16.2. The number of carbonyl (C=O) groups is 1. The van der Waals surface area contributed by atoms with Crippen LogP contribution in [-0.2, 0) is 4.79 Å². The molecule has 1 unspecified atom stereocenters. The van der Waals surface area contributed by atoms with E-state index in [1.165, 1.54) is 11.0 Å². The van der Waals surface area contributed by atoms with Crippen LogP contribution in [0.25, 0.3) is 0 Å². The maximum absolute atomic E-state index is 12.0. The van der Waals surface area contributed by atoms with E-state index in [1.807, 2.05) is 30.3 Å². The maximum atomic E-state index is 12.0. The van der Waals surface area contributed by atoms with Gasteiger partial charge in [-0.2, -0.15) is 5.26 Å². The fourth-order valence-electron chi connectivity index (χ4n) is 1.53. The minimum absolute atomic E-state index is 0.198. The van der Waals surface area contributed by atoms with E-state index in [0.29, 0.717) is 5.70 Å². The molecule has 1 N–H and O–H groups in total. The lowest BCUT2D eigenvalue weighted by Crippen LogP contribution is -2.32. The van der Waals surface area contributed by atoms with E-state index in [2.05, 4.69) is 18.0 Å². The third-order valence-corrected chi connectivity index (χ3v) is 2.48. The number of rotatable bonds is 5. The summed E-state index contributed by atoms with van der Waals surface area (Å²) in [7, 11) is 3.32. The smallest absolute Gasteiger partial charge is 0.269 e. The third-order valence-electron chi connectivity index (χ3n) is 2.48. The summed E-state index contributed by atoms with van der Waals surface area (Å²) in [6.07, 6.45) is 3.08. The molecule has 0 fully saturated rings. The van der Waals surface area contributed by atoms with Crippen LogP contribution in [0.3, 0.4) is 0 Å². The number of nitrogens with one attached hydrogen (secondary N) is 1. The average molecular weight is 255 g/mol. The van der Waals surface area contributed by atoms with Gasteiger partial charge in [0, 0.05) is 14.1 Å². The van der Waals surface area contributed by atoms with E-state index in [-0.39, 0.29) is 5.91 Å². The molecule has 0 aliphatic rings. The Morgan fingerprint density at radius 3 is 2.53 bits per heavy atom. The summed E-state index contributed by atoms with van der Waals surface area (Å²) >= 11 is 0. The zero-order valence-corrected chi connectivity index (χ0v) is 11.1. The molecule has 1 aromatic rings. The van der Waals surface area contributed by atoms with Crippen molar-refractivity contribution >= 4 is 5.91 Å². The molecule has 0 spiro atoms. The molecule has 0 saturated carbocycles. The van der Waals surface area contributed by atoms with Crippen molar-refractivity contribution in [2.45, 2.75) is 6.04 Å². The lowest BCUT2D eigenvalue weighted by molar-refractivity contribution is -0.125. The van der Waals surface area contributed by atoms with Gasteiger partial charge in [-0.3, -0.25) is 4.79 Å². The Bertz CT molecular complexity index is 512. The molecule has 0 radical (unpaired) electrons. The van der Waals surface area contributed by atoms with Gasteiger partial charge in [0.2, 0.25) is 0 Å². The standard InChI is InChI=1S/C15H17N3O/c1-4-8-13(15(19)18(2)3)17-14(11-16)12-9-6-5-7-10-12/h4-10,14,17H,1H2,2-3H3/b13-8-. The first-order valence-corrected chi connectivity index (χ1v) is 5.85. The van der Waals surface area contributed by atoms with Crippen molar-refractivity contribution in [1.82, 2.24) is 10.2 Å². The molecule has 0 aliphatic heterocycles. The number of amides is 1. The molecule has 4 heteroatoms. The molecule has 4 nitrogen and oxygen atoms in total. The Kier molecular flexibility index (Phi) is 5.36. The second-order valence-corrected chi connectivity index (χ2v) is 4.13. The number of hydrogen-bond donors (Lipinski definition) is 1. The van der Waals surface area contributed by atoms with Crippen LogP contribution < -0.4 is 5.32 Å². The molecule has 1 aromatic carbocycles. The van der Waals surface area contributed by atoms with Gasteiger partial charge in [0.25, 0.3) is 5.91 Å². The van der Waals surface area contributed by atoms with E-state index in [1.54, 1.807) is 20.2 Å². The minimum Gasteiger partial charge on any atom is -0.362 e. The molecule has 98 valence electrons. The van der Waals surface area contributed by atoms with Crippen LogP contribution in [0.2, 0.25) is 0 Å². The van der Waals surface area contributed by atoms with E-state index < -0.39 is 6.04 Å². The van der Waals surface area contributed by atoms with Crippen molar-refractivity contribution < 1.29 is 4.79 Å². The van der Waals surface area contributed by atoms with E-state index in [0.717, 1.165) is 5.56 Å². The van der Waals surface area contributed by atoms with Gasteiger partial charge in [0.1, 0.15) is 11.7 Å². The zero-order valence-electron chi connectivity index (χ0n) is 11.1. The molecule has 0 heterocycles. The quantitative estimate of drug-likeness (QED) is 0.646. The molecular formula is C15H17N3O. The summed E-state index contributed by atoms with van der Waals surface area (Å²) in [6.45, 7) is 3.58. The number of benzene rings is 1. The SMILES string of the molecule is C=C/C=C(\NC(C#N)c1ccccc1)C(=O)N(C)C. The second kappa shape index (κ2) is 7.02. The first kappa shape index (κ1) is 14.5. The van der Waals surface area contributed by atoms with Gasteiger partial charge in [-0.05, 0) is 11.6 Å². The first-order chi connectivity index (χ1) is 9.10. The van der Waals surface area contributed by atoms with Gasteiger partial charge in [0.05, 0.1) is 6.07 Å². The summed E-state index contributed by atoms with van der Waals surface area (Å²) in [5.74, 6) is -0.198. The summed E-state index contributed by atoms with van der Waals surface area (Å²) < 4.78 is 0. The Morgan fingerprint density at radius 2 is 2.05 bits per heavy atom. The largest absolute Gasteiger partial charge is 0.362 e. The van der Waals surface area contributed by atoms with Gasteiger partial charge in [-0.25, -0.2) is 0 Å². The predicted octanol–water partition coefficient (Wildman–Crippen LogP) is 2.00. The third kappa shape index (κ3) is 4.00. The maximum Gasteiger partial charge on any atom is 0.269 e. The molecule has 1 amide bonds. The van der Waals surface area contributed by atoms with Crippen molar-refractivity contribution in [3.05, 3.63) is 60.3 Å². The van der Waals surface area contributed by atoms with Crippen molar-refractivity contribution in [3.63, 3.8) is 0 Å². The van der Waals surface area contributed by atoms with Gasteiger partial charge >= 0.3 is 0 Å². The second-order valence-electron chi connectivity index (χ2n) is 4.13. The highest BCUT2D eigenvalue weighted by molar-refractivity contribution is 5.92. The number of nitrogens with zero attached hydrogens (tertiary/aromatic N) is 2. The van der Waals surface area contributed by atoms with Crippen LogP contribution in [0.15, 0.2) is 54.8 Å². The Hall–Kier alpha value is -2.54. The van der Waals surface area contributed by atoms with E-state index in [9.17, 15) is 10.1 Å². The number of allylic oxidation sites excluding steroid dienone is 2. The molecule has 1 atom stereocenters. The van der Waals surface area contributed by atoms with Crippen molar-refractivity contribution in [2.24, 2.45) is 0 Å². The first-order valence-electron chi connectivity index (χ1n) is 5.85. The van der Waals surface area contributed by atoms with E-state index in [4.69, 9.17) is 0 Å². The molecular weight excluding hydrogens is 238 g/mol. The molecule has 19 heavy (non-hydrogen) atoms. The molecule has 0 aromatic heterocycles. The summed E-state index contributed by atoms with van der Waals surface area (Å²) in [6, 6.07) is 10.8. The van der Waals surface area contributed by atoms with Crippen LogP contribution in [0.1, 0.15) is 11.6 Å². The Morgan fingerprint density at radius 1 is 1.42 bits per heavy atom. The van der Waals surface area contributed by atoms with Crippen molar-refractivity contribution in [3.8, 4) is 6.07 Å². The monoisotopic (exact) mass is 255 g/mol. The molecule has 1 rings (SSSR count). The van der Waals surface area contributed by atoms with Crippen molar-refractivity contribution in [1.29, 1.82) is 5.26 Å². The highest BCUT2D eigenvalue weighted by Crippen LogP contribution is 2.13. The summed E-state index contributed by atoms with van der Waals surface area (Å²) in [4.78, 5) is 13.4. The fourth-order valence-corrected chi connectivity index (χ4v) is 1.53. The van der Waals surface area contributed by atoms with Crippen LogP contribution in [0.4, 0.5) is 0 Å². The highest BCUT2D eigenvalue weighted by Gasteiger charge is 2.16. The molecule has 0 aliphatic carbocycles. The van der Waals surface area contributed by atoms with Crippen LogP contribution in [0.5, 0.6) is 0 Å². The molecule has 0 saturated heterocycles. The van der Waals surface area contributed by atoms with Crippen LogP contribution in [0, 0.1) is 11.3 Å². The predicted molar refractivity (Wildman–Crippen MR) is 74.9 cm³/mol. The van der Waals surface area contributed by atoms with Crippen LogP contribution >= 0.6 is 0 Å². The van der Waals surface area contributed by atoms with Gasteiger partial charge in [0.15, 0.2) is 0 Å². The number of likely N-dealkylation sites (N-methyl/N-ethyl adjacent to an activating group) is 1. The Balaban J connectivity index is 2.96.